The Bertz CT molecular complexity index is 1760. The van der Waals surface area contributed by atoms with E-state index in [-0.39, 0.29) is 58.1 Å². The quantitative estimate of drug-likeness (QED) is 0.273. The van der Waals surface area contributed by atoms with Crippen molar-refractivity contribution >= 4 is 28.5 Å². The van der Waals surface area contributed by atoms with Crippen molar-refractivity contribution in [3.8, 4) is 11.5 Å². The summed E-state index contributed by atoms with van der Waals surface area (Å²) >= 11 is 0. The predicted octanol–water partition coefficient (Wildman–Crippen LogP) is 5.44. The van der Waals surface area contributed by atoms with E-state index in [1.165, 1.54) is 20.1 Å². The van der Waals surface area contributed by atoms with Gasteiger partial charge in [-0.3, -0.25) is 4.79 Å². The van der Waals surface area contributed by atoms with Crippen LogP contribution < -0.4 is 10.2 Å². The fourth-order valence-corrected chi connectivity index (χ4v) is 6.78. The average Bonchev–Trinajstić information content (AvgIpc) is 3.32. The second kappa shape index (κ2) is 10.3. The number of hydrogen-bond donors (Lipinski definition) is 3. The molecule has 0 bridgehead atoms. The largest absolute Gasteiger partial charge is 0.507 e. The van der Waals surface area contributed by atoms with E-state index in [4.69, 9.17) is 18.6 Å². The summed E-state index contributed by atoms with van der Waals surface area (Å²) in [5.41, 5.74) is -1.07. The molecule has 0 saturated heterocycles. The second-order valence-electron chi connectivity index (χ2n) is 13.3. The fourth-order valence-electron chi connectivity index (χ4n) is 6.78. The van der Waals surface area contributed by atoms with Gasteiger partial charge in [-0.25, -0.2) is 9.59 Å². The molecule has 0 saturated carbocycles. The van der Waals surface area contributed by atoms with Crippen molar-refractivity contribution in [1.29, 1.82) is 0 Å². The lowest BCUT2D eigenvalue weighted by Crippen LogP contribution is -2.47. The molecule has 1 aliphatic carbocycles. The number of carboxylic acids is 2. The molecule has 2 aliphatic heterocycles. The summed E-state index contributed by atoms with van der Waals surface area (Å²) < 4.78 is 25.1. The van der Waals surface area contributed by atoms with Gasteiger partial charge in [0.15, 0.2) is 11.0 Å². The number of aromatic hydroxyl groups is 1. The van der Waals surface area contributed by atoms with Crippen molar-refractivity contribution in [1.82, 2.24) is 0 Å². The van der Waals surface area contributed by atoms with Crippen LogP contribution in [0.2, 0.25) is 0 Å². The van der Waals surface area contributed by atoms with E-state index in [1.807, 2.05) is 40.7 Å². The van der Waals surface area contributed by atoms with Crippen LogP contribution in [-0.2, 0) is 37.3 Å². The molecule has 3 heterocycles. The van der Waals surface area contributed by atoms with Gasteiger partial charge in [0.05, 0.1) is 11.7 Å². The Labute approximate surface area is 255 Å². The smallest absolute Gasteiger partial charge is 0.340 e. The summed E-state index contributed by atoms with van der Waals surface area (Å²) in [7, 11) is 1.42. The van der Waals surface area contributed by atoms with Gasteiger partial charge in [-0.05, 0) is 48.0 Å². The van der Waals surface area contributed by atoms with Crippen LogP contribution in [0, 0.1) is 0 Å². The minimum absolute atomic E-state index is 0.0326. The van der Waals surface area contributed by atoms with E-state index in [0.29, 0.717) is 28.9 Å². The molecule has 3 aliphatic rings. The third-order valence-corrected chi connectivity index (χ3v) is 9.46. The molecule has 44 heavy (non-hydrogen) atoms. The highest BCUT2D eigenvalue weighted by Crippen LogP contribution is 2.56. The number of allylic oxidation sites excluding steroid dienone is 2. The maximum Gasteiger partial charge on any atom is 0.340 e. The SMILES string of the molecule is COC1Cc2c(oc3c(CC=C(C)C)c4c(c(O)c3c2=O)C(C)(C)C(C)O4)C2=C1C(C/C=C(\C)C(=O)O)(C(=O)O)OC2(C)C. The number of fused-ring (bicyclic) bond motifs is 4. The zero-order valence-corrected chi connectivity index (χ0v) is 26.6. The van der Waals surface area contributed by atoms with Crippen LogP contribution in [0.3, 0.4) is 0 Å². The monoisotopic (exact) mass is 608 g/mol. The van der Waals surface area contributed by atoms with Crippen molar-refractivity contribution in [3.63, 3.8) is 0 Å². The molecule has 2 aromatic rings. The molecule has 3 unspecified atom stereocenters. The number of ether oxygens (including phenoxy) is 3. The van der Waals surface area contributed by atoms with Gasteiger partial charge in [-0.15, -0.1) is 0 Å². The zero-order chi connectivity index (χ0) is 32.7. The van der Waals surface area contributed by atoms with E-state index in [1.54, 1.807) is 13.8 Å². The molecular weight excluding hydrogens is 568 g/mol. The summed E-state index contributed by atoms with van der Waals surface area (Å²) in [6.07, 6.45) is 2.19. The molecule has 5 rings (SSSR count). The molecule has 10 nitrogen and oxygen atoms in total. The van der Waals surface area contributed by atoms with E-state index >= 15 is 0 Å². The van der Waals surface area contributed by atoms with Gasteiger partial charge < -0.3 is 33.9 Å². The molecule has 1 aromatic carbocycles. The van der Waals surface area contributed by atoms with Crippen LogP contribution in [0.25, 0.3) is 16.5 Å². The molecule has 0 spiro atoms. The Morgan fingerprint density at radius 3 is 2.32 bits per heavy atom. The Morgan fingerprint density at radius 2 is 1.75 bits per heavy atom. The standard InChI is InChI=1S/C34H40O10/c1-15(2)10-11-18-27-21(26(36)24-28(18)42-17(4)32(24,5)6)25(35)19-14-20(41-9)22-23(29(19)43-27)33(7,8)44-34(22,31(39)40)13-12-16(3)30(37)38/h10,12,17,20,36H,11,13-14H2,1-9H3,(H,37,38)(H,39,40)/b16-12+. The summed E-state index contributed by atoms with van der Waals surface area (Å²) in [5.74, 6) is -2.04. The normalized spacial score (nSPS) is 24.9. The summed E-state index contributed by atoms with van der Waals surface area (Å²) in [6, 6.07) is 0. The first-order chi connectivity index (χ1) is 20.4. The Hall–Kier alpha value is -3.89. The lowest BCUT2D eigenvalue weighted by Gasteiger charge is -2.33. The summed E-state index contributed by atoms with van der Waals surface area (Å²) in [4.78, 5) is 39.0. The Morgan fingerprint density at radius 1 is 1.09 bits per heavy atom. The highest BCUT2D eigenvalue weighted by molar-refractivity contribution is 5.97. The number of hydrogen-bond acceptors (Lipinski definition) is 8. The number of phenolic OH excluding ortho intramolecular Hbond substituents is 1. The van der Waals surface area contributed by atoms with E-state index < -0.39 is 40.1 Å². The minimum atomic E-state index is -1.98. The third-order valence-electron chi connectivity index (χ3n) is 9.46. The van der Waals surface area contributed by atoms with E-state index in [0.717, 1.165) is 5.57 Å². The van der Waals surface area contributed by atoms with Crippen molar-refractivity contribution in [2.75, 3.05) is 7.11 Å². The maximum absolute atomic E-state index is 14.4. The molecule has 0 fully saturated rings. The summed E-state index contributed by atoms with van der Waals surface area (Å²) in [6.45, 7) is 14.5. The van der Waals surface area contributed by atoms with Crippen molar-refractivity contribution < 1.29 is 43.5 Å². The Balaban J connectivity index is 1.91. The summed E-state index contributed by atoms with van der Waals surface area (Å²) in [5, 5.41) is 31.8. The van der Waals surface area contributed by atoms with Crippen molar-refractivity contribution in [2.45, 2.75) is 103 Å². The number of aliphatic carboxylic acids is 2. The molecule has 3 atom stereocenters. The minimum Gasteiger partial charge on any atom is -0.507 e. The fraction of sp³-hybridized carbons (Fsp3) is 0.500. The topological polar surface area (TPSA) is 153 Å². The predicted molar refractivity (Wildman–Crippen MR) is 163 cm³/mol. The van der Waals surface area contributed by atoms with Crippen molar-refractivity contribution in [3.05, 3.63) is 61.5 Å². The molecule has 236 valence electrons. The second-order valence-corrected chi connectivity index (χ2v) is 13.3. The number of carbonyl (C=O) groups is 2. The van der Waals surface area contributed by atoms with Gasteiger partial charge >= 0.3 is 11.9 Å². The molecule has 3 N–H and O–H groups in total. The molecule has 0 amide bonds. The van der Waals surface area contributed by atoms with Gasteiger partial charge in [0.2, 0.25) is 0 Å². The lowest BCUT2D eigenvalue weighted by atomic mass is 9.75. The highest BCUT2D eigenvalue weighted by atomic mass is 16.6. The first-order valence-corrected chi connectivity index (χ1v) is 14.7. The van der Waals surface area contributed by atoms with Gasteiger partial charge in [0.1, 0.15) is 34.3 Å². The number of carboxylic acid groups (broad SMARTS) is 2. The third kappa shape index (κ3) is 4.41. The molecule has 1 aromatic heterocycles. The van der Waals surface area contributed by atoms with Gasteiger partial charge in [-0.1, -0.05) is 31.6 Å². The number of rotatable bonds is 7. The average molecular weight is 609 g/mol. The lowest BCUT2D eigenvalue weighted by molar-refractivity contribution is -0.168. The van der Waals surface area contributed by atoms with Crippen LogP contribution in [0.5, 0.6) is 11.5 Å². The first-order valence-electron chi connectivity index (χ1n) is 14.7. The van der Waals surface area contributed by atoms with Crippen LogP contribution in [-0.4, -0.2) is 57.8 Å². The van der Waals surface area contributed by atoms with Gasteiger partial charge in [0.25, 0.3) is 0 Å². The first kappa shape index (κ1) is 31.5. The Kier molecular flexibility index (Phi) is 7.41. The molecule has 0 radical (unpaired) electrons. The highest BCUT2D eigenvalue weighted by Gasteiger charge is 2.60. The maximum atomic E-state index is 14.4. The molecule has 10 heteroatoms. The number of phenols is 1. The van der Waals surface area contributed by atoms with Crippen LogP contribution in [0.15, 0.2) is 38.1 Å². The van der Waals surface area contributed by atoms with Crippen LogP contribution in [0.1, 0.15) is 84.3 Å². The number of benzene rings is 1. The molecular formula is C34H40O10. The van der Waals surface area contributed by atoms with Crippen LogP contribution in [0.4, 0.5) is 0 Å². The zero-order valence-electron chi connectivity index (χ0n) is 26.6. The van der Waals surface area contributed by atoms with Crippen LogP contribution >= 0.6 is 0 Å². The van der Waals surface area contributed by atoms with Gasteiger partial charge in [0, 0.05) is 58.8 Å². The van der Waals surface area contributed by atoms with E-state index in [9.17, 15) is 29.7 Å². The van der Waals surface area contributed by atoms with Crippen molar-refractivity contribution in [2.24, 2.45) is 0 Å². The number of methoxy groups -OCH3 is 1. The van der Waals surface area contributed by atoms with Gasteiger partial charge in [-0.2, -0.15) is 0 Å². The van der Waals surface area contributed by atoms with E-state index in [2.05, 4.69) is 0 Å².